The molecule has 7 nitrogen and oxygen atoms in total. The highest BCUT2D eigenvalue weighted by atomic mass is 35.5. The van der Waals surface area contributed by atoms with E-state index in [2.05, 4.69) is 15.5 Å². The van der Waals surface area contributed by atoms with E-state index in [0.717, 1.165) is 0 Å². The minimum absolute atomic E-state index is 0.127. The quantitative estimate of drug-likeness (QED) is 0.669. The van der Waals surface area contributed by atoms with Crippen molar-refractivity contribution in [2.75, 3.05) is 6.54 Å². The van der Waals surface area contributed by atoms with Crippen molar-refractivity contribution in [3.05, 3.63) is 71.1 Å². The summed E-state index contributed by atoms with van der Waals surface area (Å²) in [6, 6.07) is 15.6. The maximum Gasteiger partial charge on any atom is 0.325 e. The van der Waals surface area contributed by atoms with Gasteiger partial charge < -0.3 is 14.6 Å². The van der Waals surface area contributed by atoms with Gasteiger partial charge in [0.15, 0.2) is 6.61 Å². The fraction of sp³-hybridized carbons (Fsp3) is 0.111. The van der Waals surface area contributed by atoms with E-state index in [1.165, 1.54) is 0 Å². The van der Waals surface area contributed by atoms with Gasteiger partial charge in [0.2, 0.25) is 5.82 Å². The zero-order valence-corrected chi connectivity index (χ0v) is 14.3. The van der Waals surface area contributed by atoms with Gasteiger partial charge in [-0.1, -0.05) is 47.1 Å². The molecule has 0 fully saturated rings. The number of aromatic nitrogens is 2. The van der Waals surface area contributed by atoms with E-state index in [1.54, 1.807) is 54.6 Å². The number of benzene rings is 2. The number of carbonyl (C=O) groups excluding carboxylic acids is 2. The standard InChI is InChI=1S/C18H14ClN3O4/c19-14-9-5-4-8-13(14)17-21-15(26-22-17)11-25-16(23)10-20-18(24)12-6-2-1-3-7-12/h1-9H,10-11H2,(H,20,24). The third kappa shape index (κ3) is 4.46. The Morgan fingerprint density at radius 3 is 2.58 bits per heavy atom. The summed E-state index contributed by atoms with van der Waals surface area (Å²) in [5, 5.41) is 6.77. The highest BCUT2D eigenvalue weighted by Gasteiger charge is 2.14. The number of rotatable bonds is 6. The number of nitrogens with one attached hydrogen (secondary N) is 1. The highest BCUT2D eigenvalue weighted by molar-refractivity contribution is 6.33. The third-order valence-electron chi connectivity index (χ3n) is 3.37. The molecule has 0 aliphatic heterocycles. The second-order valence-corrected chi connectivity index (χ2v) is 5.61. The molecule has 1 aromatic heterocycles. The van der Waals surface area contributed by atoms with Gasteiger partial charge in [-0.2, -0.15) is 4.98 Å². The molecular formula is C18H14ClN3O4. The minimum atomic E-state index is -0.619. The topological polar surface area (TPSA) is 94.3 Å². The second kappa shape index (κ2) is 8.26. The first-order valence-corrected chi connectivity index (χ1v) is 8.07. The molecule has 0 aliphatic carbocycles. The first kappa shape index (κ1) is 17.6. The van der Waals surface area contributed by atoms with Gasteiger partial charge in [-0.3, -0.25) is 9.59 Å². The van der Waals surface area contributed by atoms with E-state index >= 15 is 0 Å². The van der Waals surface area contributed by atoms with Gasteiger partial charge >= 0.3 is 5.97 Å². The fourth-order valence-electron chi connectivity index (χ4n) is 2.10. The summed E-state index contributed by atoms with van der Waals surface area (Å²) in [5.41, 5.74) is 1.08. The van der Waals surface area contributed by atoms with Crippen LogP contribution in [0.25, 0.3) is 11.4 Å². The van der Waals surface area contributed by atoms with Crippen molar-refractivity contribution >= 4 is 23.5 Å². The average Bonchev–Trinajstić information content (AvgIpc) is 3.14. The Bertz CT molecular complexity index is 912. The van der Waals surface area contributed by atoms with E-state index < -0.39 is 5.97 Å². The molecule has 0 saturated carbocycles. The molecule has 0 radical (unpaired) electrons. The number of carbonyl (C=O) groups is 2. The lowest BCUT2D eigenvalue weighted by Crippen LogP contribution is -2.30. The van der Waals surface area contributed by atoms with Crippen molar-refractivity contribution < 1.29 is 18.8 Å². The number of hydrogen-bond acceptors (Lipinski definition) is 6. The van der Waals surface area contributed by atoms with Gasteiger partial charge in [0.1, 0.15) is 6.54 Å². The van der Waals surface area contributed by atoms with Crippen LogP contribution in [0.1, 0.15) is 16.2 Å². The molecule has 1 N–H and O–H groups in total. The Balaban J connectivity index is 1.49. The Morgan fingerprint density at radius 2 is 1.81 bits per heavy atom. The van der Waals surface area contributed by atoms with Crippen LogP contribution >= 0.6 is 11.6 Å². The van der Waals surface area contributed by atoms with Gasteiger partial charge in [-0.25, -0.2) is 0 Å². The summed E-state index contributed by atoms with van der Waals surface area (Å²) in [5.74, 6) is -0.546. The largest absolute Gasteiger partial charge is 0.454 e. The predicted molar refractivity (Wildman–Crippen MR) is 93.3 cm³/mol. The molecule has 1 heterocycles. The number of ether oxygens (including phenoxy) is 1. The van der Waals surface area contributed by atoms with Crippen molar-refractivity contribution in [1.82, 2.24) is 15.5 Å². The molecule has 132 valence electrons. The number of hydrogen-bond donors (Lipinski definition) is 1. The van der Waals surface area contributed by atoms with E-state index in [9.17, 15) is 9.59 Å². The molecule has 3 aromatic rings. The molecule has 0 aliphatic rings. The van der Waals surface area contributed by atoms with Crippen LogP contribution in [0.5, 0.6) is 0 Å². The van der Waals surface area contributed by atoms with Gasteiger partial charge in [-0.15, -0.1) is 0 Å². The van der Waals surface area contributed by atoms with Gasteiger partial charge in [0.05, 0.1) is 5.02 Å². The molecule has 26 heavy (non-hydrogen) atoms. The first-order chi connectivity index (χ1) is 12.6. The van der Waals surface area contributed by atoms with E-state index in [0.29, 0.717) is 22.0 Å². The zero-order valence-electron chi connectivity index (χ0n) is 13.5. The molecule has 1 amide bonds. The lowest BCUT2D eigenvalue weighted by atomic mass is 10.2. The summed E-state index contributed by atoms with van der Waals surface area (Å²) in [6.45, 7) is -0.462. The van der Waals surface area contributed by atoms with Crippen LogP contribution in [0.15, 0.2) is 59.1 Å². The molecule has 0 saturated heterocycles. The normalized spacial score (nSPS) is 10.3. The average molecular weight is 372 g/mol. The molecule has 8 heteroatoms. The van der Waals surface area contributed by atoms with Crippen molar-refractivity contribution in [2.45, 2.75) is 6.61 Å². The Labute approximate surface area is 153 Å². The van der Waals surface area contributed by atoms with Gasteiger partial charge in [-0.05, 0) is 24.3 Å². The van der Waals surface area contributed by atoms with Gasteiger partial charge in [0, 0.05) is 11.1 Å². The molecule has 3 rings (SSSR count). The summed E-state index contributed by atoms with van der Waals surface area (Å²) in [4.78, 5) is 27.7. The van der Waals surface area contributed by atoms with Crippen LogP contribution in [0.4, 0.5) is 0 Å². The van der Waals surface area contributed by atoms with Crippen molar-refractivity contribution in [3.8, 4) is 11.4 Å². The SMILES string of the molecule is O=C(CNC(=O)c1ccccc1)OCc1nc(-c2ccccc2Cl)no1. The molecule has 0 spiro atoms. The van der Waals surface area contributed by atoms with E-state index in [-0.39, 0.29) is 24.9 Å². The Kier molecular flexibility index (Phi) is 5.60. The number of halogens is 1. The second-order valence-electron chi connectivity index (χ2n) is 5.20. The Hall–Kier alpha value is -3.19. The maximum atomic E-state index is 11.8. The van der Waals surface area contributed by atoms with Crippen LogP contribution in [-0.2, 0) is 16.1 Å². The fourth-order valence-corrected chi connectivity index (χ4v) is 2.32. The third-order valence-corrected chi connectivity index (χ3v) is 3.70. The molecule has 0 unspecified atom stereocenters. The summed E-state index contributed by atoms with van der Waals surface area (Å²) < 4.78 is 10.0. The van der Waals surface area contributed by atoms with Crippen molar-refractivity contribution in [3.63, 3.8) is 0 Å². The van der Waals surface area contributed by atoms with Crippen LogP contribution in [-0.4, -0.2) is 28.6 Å². The molecule has 0 bridgehead atoms. The van der Waals surface area contributed by atoms with E-state index in [4.69, 9.17) is 20.9 Å². The predicted octanol–water partition coefficient (Wildman–Crippen LogP) is 2.86. The molecular weight excluding hydrogens is 358 g/mol. The van der Waals surface area contributed by atoms with Crippen molar-refractivity contribution in [1.29, 1.82) is 0 Å². The van der Waals surface area contributed by atoms with Crippen molar-refractivity contribution in [2.24, 2.45) is 0 Å². The lowest BCUT2D eigenvalue weighted by Gasteiger charge is -2.04. The van der Waals surface area contributed by atoms with Crippen LogP contribution < -0.4 is 5.32 Å². The van der Waals surface area contributed by atoms with Gasteiger partial charge in [0.25, 0.3) is 11.8 Å². The number of esters is 1. The van der Waals surface area contributed by atoms with E-state index in [1.807, 2.05) is 0 Å². The Morgan fingerprint density at radius 1 is 1.08 bits per heavy atom. The maximum absolute atomic E-state index is 11.8. The first-order valence-electron chi connectivity index (χ1n) is 7.70. The lowest BCUT2D eigenvalue weighted by molar-refractivity contribution is -0.144. The number of amides is 1. The summed E-state index contributed by atoms with van der Waals surface area (Å²) >= 11 is 6.07. The van der Waals surface area contributed by atoms with Crippen LogP contribution in [0, 0.1) is 0 Å². The van der Waals surface area contributed by atoms with Crippen LogP contribution in [0.2, 0.25) is 5.02 Å². The summed E-state index contributed by atoms with van der Waals surface area (Å²) in [7, 11) is 0. The molecule has 0 atom stereocenters. The monoisotopic (exact) mass is 371 g/mol. The smallest absolute Gasteiger partial charge is 0.325 e. The summed E-state index contributed by atoms with van der Waals surface area (Å²) in [6.07, 6.45) is 0. The highest BCUT2D eigenvalue weighted by Crippen LogP contribution is 2.24. The van der Waals surface area contributed by atoms with Crippen LogP contribution in [0.3, 0.4) is 0 Å². The molecule has 2 aromatic carbocycles. The number of nitrogens with zero attached hydrogens (tertiary/aromatic N) is 2. The minimum Gasteiger partial charge on any atom is -0.454 e. The zero-order chi connectivity index (χ0) is 18.4.